The lowest BCUT2D eigenvalue weighted by Gasteiger charge is -2.28. The van der Waals surface area contributed by atoms with Gasteiger partial charge in [0.25, 0.3) is 0 Å². The predicted molar refractivity (Wildman–Crippen MR) is 88.9 cm³/mol. The first kappa shape index (κ1) is 14.0. The second-order valence-electron chi connectivity index (χ2n) is 3.99. The molecule has 0 spiro atoms. The van der Waals surface area contributed by atoms with Crippen LogP contribution in [0.2, 0.25) is 0 Å². The number of nitrogens with zero attached hydrogens (tertiary/aromatic N) is 1. The minimum Gasteiger partial charge on any atom is -0.480 e. The minimum absolute atomic E-state index is 0.477. The van der Waals surface area contributed by atoms with E-state index in [0.717, 1.165) is 13.1 Å². The molecule has 1 aromatic rings. The van der Waals surface area contributed by atoms with Crippen LogP contribution >= 0.6 is 35.7 Å². The molecule has 1 saturated heterocycles. The fourth-order valence-electron chi connectivity index (χ4n) is 1.86. The first-order valence-electron chi connectivity index (χ1n) is 6.16. The Labute approximate surface area is 122 Å². The van der Waals surface area contributed by atoms with E-state index >= 15 is 0 Å². The van der Waals surface area contributed by atoms with Crippen LogP contribution in [0.5, 0.6) is 0 Å². The van der Waals surface area contributed by atoms with Gasteiger partial charge in [0.2, 0.25) is 4.38 Å². The first-order valence-corrected chi connectivity index (χ1v) is 8.72. The van der Waals surface area contributed by atoms with E-state index in [1.807, 2.05) is 18.7 Å². The molecule has 0 unspecified atom stereocenters. The van der Waals surface area contributed by atoms with E-state index in [1.165, 1.54) is 22.1 Å². The van der Waals surface area contributed by atoms with Gasteiger partial charge < -0.3 is 9.64 Å². The molecule has 2 rings (SSSR count). The normalized spacial score (nSPS) is 16.6. The van der Waals surface area contributed by atoms with E-state index < -0.39 is 0 Å². The van der Waals surface area contributed by atoms with Crippen LogP contribution < -0.4 is 4.90 Å². The Hall–Kier alpha value is -0.390. The third-order valence-corrected chi connectivity index (χ3v) is 5.10. The number of ether oxygens (including phenoxy) is 1. The molecule has 18 heavy (non-hydrogen) atoms. The fraction of sp³-hybridized carbons (Fsp3) is 0.462. The number of rotatable bonds is 3. The van der Waals surface area contributed by atoms with Crippen molar-refractivity contribution in [2.75, 3.05) is 36.1 Å². The first-order chi connectivity index (χ1) is 8.79. The van der Waals surface area contributed by atoms with Gasteiger partial charge in [0.05, 0.1) is 6.61 Å². The SMILES string of the molecule is CCOC(=S)[SH2]c1ccc(N2CCSCC2)cc1. The van der Waals surface area contributed by atoms with E-state index in [2.05, 4.69) is 29.2 Å². The molecular formula is C13H19NOS3. The highest BCUT2D eigenvalue weighted by Gasteiger charge is 2.10. The molecular weight excluding hydrogens is 282 g/mol. The van der Waals surface area contributed by atoms with E-state index in [0.29, 0.717) is 22.8 Å². The summed E-state index contributed by atoms with van der Waals surface area (Å²) in [5.74, 6) is 2.47. The molecule has 0 N–H and O–H groups in total. The molecule has 0 bridgehead atoms. The highest BCUT2D eigenvalue weighted by molar-refractivity contribution is 8.22. The fourth-order valence-corrected chi connectivity index (χ4v) is 4.02. The molecule has 1 fully saturated rings. The zero-order chi connectivity index (χ0) is 12.8. The highest BCUT2D eigenvalue weighted by atomic mass is 32.2. The molecule has 0 radical (unpaired) electrons. The van der Waals surface area contributed by atoms with Crippen molar-refractivity contribution < 1.29 is 4.74 Å². The average Bonchev–Trinajstić information content (AvgIpc) is 2.41. The van der Waals surface area contributed by atoms with Crippen molar-refractivity contribution in [3.63, 3.8) is 0 Å². The maximum atomic E-state index is 5.32. The largest absolute Gasteiger partial charge is 0.480 e. The molecule has 0 atom stereocenters. The Kier molecular flexibility index (Phi) is 5.66. The van der Waals surface area contributed by atoms with Crippen LogP contribution in [0, 0.1) is 0 Å². The molecule has 1 aromatic carbocycles. The van der Waals surface area contributed by atoms with Gasteiger partial charge >= 0.3 is 0 Å². The van der Waals surface area contributed by atoms with Crippen molar-refractivity contribution >= 4 is 45.8 Å². The van der Waals surface area contributed by atoms with Crippen molar-refractivity contribution in [3.05, 3.63) is 24.3 Å². The van der Waals surface area contributed by atoms with Crippen molar-refractivity contribution in [1.29, 1.82) is 0 Å². The van der Waals surface area contributed by atoms with Gasteiger partial charge in [0.1, 0.15) is 0 Å². The van der Waals surface area contributed by atoms with Crippen LogP contribution in [0.1, 0.15) is 6.92 Å². The molecule has 0 aliphatic carbocycles. The standard InChI is InChI=1S/C13H19NOS3/c1-2-15-13(16)18-12-5-3-11(4-6-12)14-7-9-17-10-8-14/h3-6H,2,7-10,18H2,1H3. The summed E-state index contributed by atoms with van der Waals surface area (Å²) >= 11 is 7.68. The molecule has 0 amide bonds. The molecule has 100 valence electrons. The zero-order valence-electron chi connectivity index (χ0n) is 10.5. The third kappa shape index (κ3) is 4.07. The second kappa shape index (κ2) is 7.26. The van der Waals surface area contributed by atoms with Gasteiger partial charge in [-0.3, -0.25) is 0 Å². The van der Waals surface area contributed by atoms with Gasteiger partial charge in [-0.25, -0.2) is 0 Å². The minimum atomic E-state index is 0.477. The van der Waals surface area contributed by atoms with Gasteiger partial charge in [0.15, 0.2) is 0 Å². The third-order valence-electron chi connectivity index (χ3n) is 2.77. The van der Waals surface area contributed by atoms with E-state index in [1.54, 1.807) is 0 Å². The van der Waals surface area contributed by atoms with Gasteiger partial charge in [0, 0.05) is 30.3 Å². The summed E-state index contributed by atoms with van der Waals surface area (Å²) in [5, 5.41) is 0. The van der Waals surface area contributed by atoms with E-state index in [-0.39, 0.29) is 0 Å². The van der Waals surface area contributed by atoms with Crippen molar-refractivity contribution in [3.8, 4) is 0 Å². The lowest BCUT2D eigenvalue weighted by atomic mass is 10.3. The molecule has 1 aliphatic rings. The maximum Gasteiger partial charge on any atom is 0.200 e. The summed E-state index contributed by atoms with van der Waals surface area (Å²) in [4.78, 5) is 3.70. The van der Waals surface area contributed by atoms with Crippen LogP contribution in [0.3, 0.4) is 0 Å². The lowest BCUT2D eigenvalue weighted by Crippen LogP contribution is -2.32. The van der Waals surface area contributed by atoms with Crippen LogP contribution in [-0.2, 0) is 4.74 Å². The topological polar surface area (TPSA) is 12.5 Å². The number of anilines is 1. The van der Waals surface area contributed by atoms with Crippen LogP contribution in [-0.4, -0.2) is 35.6 Å². The number of hydrogen-bond acceptors (Lipinski definition) is 4. The van der Waals surface area contributed by atoms with Gasteiger partial charge in [-0.1, -0.05) is 0 Å². The Morgan fingerprint density at radius 3 is 2.61 bits per heavy atom. The Morgan fingerprint density at radius 1 is 1.33 bits per heavy atom. The Morgan fingerprint density at radius 2 is 2.00 bits per heavy atom. The Bertz CT molecular complexity index is 388. The molecule has 1 heterocycles. The smallest absolute Gasteiger partial charge is 0.200 e. The second-order valence-corrected chi connectivity index (χ2v) is 7.23. The van der Waals surface area contributed by atoms with Crippen LogP contribution in [0.15, 0.2) is 29.2 Å². The van der Waals surface area contributed by atoms with Gasteiger partial charge in [-0.2, -0.15) is 23.5 Å². The summed E-state index contributed by atoms with van der Waals surface area (Å²) in [7, 11) is 0. The van der Waals surface area contributed by atoms with E-state index in [9.17, 15) is 0 Å². The van der Waals surface area contributed by atoms with Crippen LogP contribution in [0.4, 0.5) is 5.69 Å². The maximum absolute atomic E-state index is 5.32. The highest BCUT2D eigenvalue weighted by Crippen LogP contribution is 2.25. The van der Waals surface area contributed by atoms with Gasteiger partial charge in [-0.15, -0.1) is 0 Å². The number of benzene rings is 1. The molecule has 2 nitrogen and oxygen atoms in total. The summed E-state index contributed by atoms with van der Waals surface area (Å²) in [6.45, 7) is 4.94. The quantitative estimate of drug-likeness (QED) is 0.795. The summed E-state index contributed by atoms with van der Waals surface area (Å²) in [6, 6.07) is 8.74. The zero-order valence-corrected chi connectivity index (χ0v) is 13.1. The molecule has 0 aromatic heterocycles. The van der Waals surface area contributed by atoms with Gasteiger partial charge in [-0.05, 0) is 48.3 Å². The monoisotopic (exact) mass is 301 g/mol. The summed E-state index contributed by atoms with van der Waals surface area (Å²) in [5.41, 5.74) is 1.33. The Balaban J connectivity index is 1.94. The number of thioether (sulfide) groups is 1. The molecule has 0 saturated carbocycles. The lowest BCUT2D eigenvalue weighted by molar-refractivity contribution is 0.346. The predicted octanol–water partition coefficient (Wildman–Crippen LogP) is 3.12. The van der Waals surface area contributed by atoms with Crippen molar-refractivity contribution in [2.24, 2.45) is 0 Å². The molecule has 5 heteroatoms. The average molecular weight is 302 g/mol. The summed E-state index contributed by atoms with van der Waals surface area (Å²) in [6.07, 6.45) is 0. The van der Waals surface area contributed by atoms with Crippen molar-refractivity contribution in [1.82, 2.24) is 0 Å². The van der Waals surface area contributed by atoms with E-state index in [4.69, 9.17) is 17.0 Å². The summed E-state index contributed by atoms with van der Waals surface area (Å²) < 4.78 is 6.03. The number of hydrogen-bond donors (Lipinski definition) is 0. The number of thiocarbonyl (C=S) groups is 1. The van der Waals surface area contributed by atoms with Crippen LogP contribution in [0.25, 0.3) is 0 Å². The van der Waals surface area contributed by atoms with Crippen molar-refractivity contribution in [2.45, 2.75) is 11.8 Å². The molecule has 1 aliphatic heterocycles.